The van der Waals surface area contributed by atoms with Gasteiger partial charge in [-0.3, -0.25) is 9.59 Å². The van der Waals surface area contributed by atoms with Crippen LogP contribution in [0.1, 0.15) is 27.7 Å². The molecular formula is C12H18N2O2S. The summed E-state index contributed by atoms with van der Waals surface area (Å²) in [7, 11) is 0. The summed E-state index contributed by atoms with van der Waals surface area (Å²) in [4.78, 5) is 24.2. The number of carbonyl (C=O) groups is 2. The second-order valence-corrected chi connectivity index (χ2v) is 5.27. The highest BCUT2D eigenvalue weighted by Gasteiger charge is 2.49. The first kappa shape index (κ1) is 13.8. The lowest BCUT2D eigenvalue weighted by molar-refractivity contribution is -0.142. The van der Waals surface area contributed by atoms with Gasteiger partial charge < -0.3 is 10.6 Å². The largest absolute Gasteiger partial charge is 0.302 e. The molecule has 1 aliphatic rings. The molecule has 0 aromatic rings. The van der Waals surface area contributed by atoms with Crippen LogP contribution < -0.4 is 10.6 Å². The summed E-state index contributed by atoms with van der Waals surface area (Å²) < 4.78 is 0. The Morgan fingerprint density at radius 1 is 1.12 bits per heavy atom. The van der Waals surface area contributed by atoms with Crippen molar-refractivity contribution in [3.05, 3.63) is 12.2 Å². The number of carbonyl (C=O) groups excluding carboxylic acids is 2. The van der Waals surface area contributed by atoms with Gasteiger partial charge in [0, 0.05) is 0 Å². The van der Waals surface area contributed by atoms with Crippen LogP contribution in [0.25, 0.3) is 0 Å². The van der Waals surface area contributed by atoms with Crippen LogP contribution in [0, 0.1) is 17.3 Å². The molecule has 5 heteroatoms. The molecule has 1 fully saturated rings. The molecule has 0 radical (unpaired) electrons. The van der Waals surface area contributed by atoms with Gasteiger partial charge >= 0.3 is 0 Å². The third kappa shape index (κ3) is 2.54. The quantitative estimate of drug-likeness (QED) is 0.454. The number of hydrogen-bond donors (Lipinski definition) is 2. The lowest BCUT2D eigenvalue weighted by atomic mass is 9.74. The molecule has 1 rings (SSSR count). The van der Waals surface area contributed by atoms with Crippen molar-refractivity contribution in [1.29, 1.82) is 0 Å². The van der Waals surface area contributed by atoms with Crippen molar-refractivity contribution in [3.8, 4) is 0 Å². The van der Waals surface area contributed by atoms with E-state index in [4.69, 9.17) is 12.2 Å². The highest BCUT2D eigenvalue weighted by Crippen LogP contribution is 2.32. The predicted octanol–water partition coefficient (Wildman–Crippen LogP) is 1.37. The second-order valence-electron chi connectivity index (χ2n) is 4.86. The van der Waals surface area contributed by atoms with Crippen molar-refractivity contribution in [2.75, 3.05) is 0 Å². The van der Waals surface area contributed by atoms with Gasteiger partial charge in [0.25, 0.3) is 0 Å². The summed E-state index contributed by atoms with van der Waals surface area (Å²) in [6.45, 7) is 7.68. The van der Waals surface area contributed by atoms with Gasteiger partial charge in [-0.25, -0.2) is 0 Å². The van der Waals surface area contributed by atoms with E-state index in [1.807, 2.05) is 33.8 Å². The van der Waals surface area contributed by atoms with E-state index in [1.165, 1.54) is 0 Å². The zero-order chi connectivity index (χ0) is 13.2. The molecule has 2 N–H and O–H groups in total. The fraction of sp³-hybridized carbons (Fsp3) is 0.583. The molecule has 0 aliphatic carbocycles. The second kappa shape index (κ2) is 4.96. The van der Waals surface area contributed by atoms with Gasteiger partial charge in [0.1, 0.15) is 5.41 Å². The Hall–Kier alpha value is -1.23. The van der Waals surface area contributed by atoms with E-state index in [1.54, 1.807) is 6.08 Å². The highest BCUT2D eigenvalue weighted by molar-refractivity contribution is 7.80. The van der Waals surface area contributed by atoms with Gasteiger partial charge in [-0.05, 0) is 24.1 Å². The van der Waals surface area contributed by atoms with E-state index in [0.717, 1.165) is 0 Å². The Labute approximate surface area is 107 Å². The van der Waals surface area contributed by atoms with E-state index in [2.05, 4.69) is 10.6 Å². The molecule has 0 atom stereocenters. The maximum absolute atomic E-state index is 12.1. The zero-order valence-electron chi connectivity index (χ0n) is 10.5. The molecule has 0 bridgehead atoms. The van der Waals surface area contributed by atoms with Gasteiger partial charge in [0.2, 0.25) is 11.8 Å². The average Bonchev–Trinajstić information content (AvgIpc) is 2.15. The molecule has 1 aliphatic heterocycles. The van der Waals surface area contributed by atoms with Gasteiger partial charge in [-0.15, -0.1) is 0 Å². The Kier molecular flexibility index (Phi) is 4.03. The van der Waals surface area contributed by atoms with Gasteiger partial charge in [0.15, 0.2) is 5.11 Å². The third-order valence-corrected chi connectivity index (χ3v) is 3.06. The number of rotatable bonds is 3. The lowest BCUT2D eigenvalue weighted by Crippen LogP contribution is -2.63. The first-order chi connectivity index (χ1) is 7.80. The number of allylic oxidation sites excluding steroid dienone is 1. The van der Waals surface area contributed by atoms with Crippen LogP contribution in [-0.4, -0.2) is 16.9 Å². The minimum Gasteiger partial charge on any atom is -0.302 e. The number of hydrogen-bond acceptors (Lipinski definition) is 3. The topological polar surface area (TPSA) is 58.2 Å². The number of thiocarbonyl (C=S) groups is 1. The van der Waals surface area contributed by atoms with Gasteiger partial charge in [0.05, 0.1) is 0 Å². The maximum atomic E-state index is 12.1. The van der Waals surface area contributed by atoms with Crippen molar-refractivity contribution in [1.82, 2.24) is 10.6 Å². The smallest absolute Gasteiger partial charge is 0.245 e. The summed E-state index contributed by atoms with van der Waals surface area (Å²) in [5.41, 5.74) is -1.16. The SMILES string of the molecule is CC(C)/C=C/C1(C(C)C)C(=O)NC(=S)NC1=O. The summed E-state index contributed by atoms with van der Waals surface area (Å²) in [5, 5.41) is 5.11. The Morgan fingerprint density at radius 2 is 1.59 bits per heavy atom. The number of nitrogens with one attached hydrogen (secondary N) is 2. The molecule has 94 valence electrons. The van der Waals surface area contributed by atoms with Crippen molar-refractivity contribution < 1.29 is 9.59 Å². The Balaban J connectivity index is 3.18. The fourth-order valence-corrected chi connectivity index (χ4v) is 1.95. The molecule has 0 unspecified atom stereocenters. The van der Waals surface area contributed by atoms with E-state index in [0.29, 0.717) is 0 Å². The lowest BCUT2D eigenvalue weighted by Gasteiger charge is -2.35. The summed E-state index contributed by atoms with van der Waals surface area (Å²) in [5.74, 6) is -0.558. The average molecular weight is 254 g/mol. The molecule has 0 aromatic carbocycles. The third-order valence-electron chi connectivity index (χ3n) is 2.86. The van der Waals surface area contributed by atoms with Crippen LogP contribution in [0.5, 0.6) is 0 Å². The van der Waals surface area contributed by atoms with Crippen molar-refractivity contribution in [2.45, 2.75) is 27.7 Å². The highest BCUT2D eigenvalue weighted by atomic mass is 32.1. The predicted molar refractivity (Wildman–Crippen MR) is 70.1 cm³/mol. The van der Waals surface area contributed by atoms with E-state index < -0.39 is 5.41 Å². The summed E-state index contributed by atoms with van der Waals surface area (Å²) >= 11 is 4.80. The summed E-state index contributed by atoms with van der Waals surface area (Å²) in [6.07, 6.45) is 3.56. The zero-order valence-corrected chi connectivity index (χ0v) is 11.4. The van der Waals surface area contributed by atoms with Crippen LogP contribution >= 0.6 is 12.2 Å². The molecule has 0 saturated carbocycles. The van der Waals surface area contributed by atoms with E-state index in [-0.39, 0.29) is 28.8 Å². The Bertz CT molecular complexity index is 366. The minimum absolute atomic E-state index is 0.0780. The minimum atomic E-state index is -1.16. The normalized spacial score (nSPS) is 20.0. The monoisotopic (exact) mass is 254 g/mol. The van der Waals surface area contributed by atoms with E-state index >= 15 is 0 Å². The fourth-order valence-electron chi connectivity index (χ4n) is 1.76. The first-order valence-electron chi connectivity index (χ1n) is 5.67. The number of amides is 2. The van der Waals surface area contributed by atoms with Gasteiger partial charge in [-0.1, -0.05) is 39.8 Å². The van der Waals surface area contributed by atoms with Crippen LogP contribution in [0.15, 0.2) is 12.2 Å². The summed E-state index contributed by atoms with van der Waals surface area (Å²) in [6, 6.07) is 0. The Morgan fingerprint density at radius 3 is 1.94 bits per heavy atom. The molecule has 2 amide bonds. The van der Waals surface area contributed by atoms with Crippen molar-refractivity contribution in [3.63, 3.8) is 0 Å². The van der Waals surface area contributed by atoms with Crippen LogP contribution in [0.2, 0.25) is 0 Å². The van der Waals surface area contributed by atoms with Crippen LogP contribution in [0.3, 0.4) is 0 Å². The van der Waals surface area contributed by atoms with Crippen LogP contribution in [0.4, 0.5) is 0 Å². The van der Waals surface area contributed by atoms with Crippen LogP contribution in [-0.2, 0) is 9.59 Å². The van der Waals surface area contributed by atoms with Gasteiger partial charge in [-0.2, -0.15) is 0 Å². The van der Waals surface area contributed by atoms with Crippen molar-refractivity contribution in [2.24, 2.45) is 17.3 Å². The molecule has 17 heavy (non-hydrogen) atoms. The molecular weight excluding hydrogens is 236 g/mol. The van der Waals surface area contributed by atoms with E-state index in [9.17, 15) is 9.59 Å². The molecule has 0 spiro atoms. The standard InChI is InChI=1S/C12H18N2O2S/c1-7(2)5-6-12(8(3)4)9(15)13-11(17)14-10(12)16/h5-8H,1-4H3,(H2,13,14,15,16,17)/b6-5+. The maximum Gasteiger partial charge on any atom is 0.245 e. The molecule has 1 saturated heterocycles. The molecule has 0 aromatic heterocycles. The van der Waals surface area contributed by atoms with Crippen molar-refractivity contribution >= 4 is 29.1 Å². The first-order valence-corrected chi connectivity index (χ1v) is 6.07. The molecule has 1 heterocycles. The molecule has 4 nitrogen and oxygen atoms in total.